The average molecular weight is 325 g/mol. The molecule has 0 aromatic heterocycles. The number of carbonyl (C=O) groups is 1. The summed E-state index contributed by atoms with van der Waals surface area (Å²) in [6.45, 7) is 2.67. The van der Waals surface area contributed by atoms with Crippen LogP contribution in [-0.2, 0) is 18.4 Å². The van der Waals surface area contributed by atoms with Gasteiger partial charge in [0.2, 0.25) is 5.91 Å². The number of carbonyl (C=O) groups excluding carboxylic acids is 1. The third-order valence-electron chi connectivity index (χ3n) is 2.80. The maximum atomic E-state index is 11.4. The van der Waals surface area contributed by atoms with Crippen LogP contribution >= 0.6 is 19.4 Å². The van der Waals surface area contributed by atoms with Gasteiger partial charge in [-0.25, -0.2) is 0 Å². The van der Waals surface area contributed by atoms with E-state index in [-0.39, 0.29) is 5.91 Å². The van der Waals surface area contributed by atoms with Crippen LogP contribution in [0.15, 0.2) is 0 Å². The van der Waals surface area contributed by atoms with Crippen LogP contribution in [0.3, 0.4) is 0 Å². The van der Waals surface area contributed by atoms with Crippen molar-refractivity contribution in [2.24, 2.45) is 0 Å². The molecule has 1 amide bonds. The van der Waals surface area contributed by atoms with Gasteiger partial charge in [0.25, 0.3) is 0 Å². The summed E-state index contributed by atoms with van der Waals surface area (Å²) in [5, 5.41) is 2.92. The fourth-order valence-corrected chi connectivity index (χ4v) is 2.56. The highest BCUT2D eigenvalue weighted by atomic mass is 32.2. The molecule has 0 fully saturated rings. The van der Waals surface area contributed by atoms with E-state index in [9.17, 15) is 9.36 Å². The second kappa shape index (κ2) is 12.7. The van der Waals surface area contributed by atoms with Crippen LogP contribution in [0.25, 0.3) is 0 Å². The molecule has 0 aliphatic rings. The molecule has 0 saturated carbocycles. The summed E-state index contributed by atoms with van der Waals surface area (Å²) in [5.74, 6) is 1.19. The van der Waals surface area contributed by atoms with E-state index in [2.05, 4.69) is 5.32 Å². The number of amides is 1. The first-order chi connectivity index (χ1) is 9.52. The van der Waals surface area contributed by atoms with Crippen LogP contribution in [0.4, 0.5) is 0 Å². The lowest BCUT2D eigenvalue weighted by Crippen LogP contribution is -2.24. The molecule has 0 aromatic rings. The number of hydrogen-bond donors (Lipinski definition) is 1. The second-order valence-electron chi connectivity index (χ2n) is 4.65. The van der Waals surface area contributed by atoms with Gasteiger partial charge in [-0.1, -0.05) is 12.8 Å². The maximum absolute atomic E-state index is 11.4. The Morgan fingerprint density at radius 3 is 2.55 bits per heavy atom. The highest BCUT2D eigenvalue weighted by molar-refractivity contribution is 7.98. The monoisotopic (exact) mass is 325 g/mol. The molecule has 1 N–H and O–H groups in total. The fourth-order valence-electron chi connectivity index (χ4n) is 1.56. The summed E-state index contributed by atoms with van der Waals surface area (Å²) in [4.78, 5) is 11.4. The molecule has 0 spiro atoms. The predicted octanol–water partition coefficient (Wildman–Crippen LogP) is 3.29. The van der Waals surface area contributed by atoms with Crippen LogP contribution in [0.5, 0.6) is 0 Å². The third-order valence-corrected chi connectivity index (χ3v) is 4.81. The zero-order chi connectivity index (χ0) is 15.3. The van der Waals surface area contributed by atoms with Crippen LogP contribution in [0.2, 0.25) is 0 Å². The van der Waals surface area contributed by atoms with Crippen molar-refractivity contribution in [2.75, 3.05) is 38.9 Å². The Morgan fingerprint density at radius 2 is 1.90 bits per heavy atom. The molecule has 1 atom stereocenters. The minimum atomic E-state index is -2.82. The third kappa shape index (κ3) is 13.0. The standard InChI is InChI=1S/C13H28NO4PS/c1-17-19(2,16)18-11-7-5-4-6-10-14-13(15)9-8-12-20-3/h4-12H2,1-3H3,(H,14,15). The van der Waals surface area contributed by atoms with Crippen molar-refractivity contribution in [3.63, 3.8) is 0 Å². The molecule has 1 unspecified atom stereocenters. The predicted molar refractivity (Wildman–Crippen MR) is 85.6 cm³/mol. The second-order valence-corrected chi connectivity index (χ2v) is 7.80. The molecule has 7 heteroatoms. The molecule has 0 heterocycles. The normalized spacial score (nSPS) is 13.9. The molecule has 0 rings (SSSR count). The summed E-state index contributed by atoms with van der Waals surface area (Å²) in [5.41, 5.74) is 0. The fraction of sp³-hybridized carbons (Fsp3) is 0.923. The summed E-state index contributed by atoms with van der Waals surface area (Å²) in [7, 11) is -1.43. The number of hydrogen-bond acceptors (Lipinski definition) is 5. The van der Waals surface area contributed by atoms with Gasteiger partial charge in [0.05, 0.1) is 6.61 Å². The van der Waals surface area contributed by atoms with E-state index in [1.165, 1.54) is 13.8 Å². The molecular weight excluding hydrogens is 297 g/mol. The molecule has 5 nitrogen and oxygen atoms in total. The van der Waals surface area contributed by atoms with E-state index >= 15 is 0 Å². The SMILES string of the molecule is COP(C)(=O)OCCCCCCNC(=O)CCCSC. The lowest BCUT2D eigenvalue weighted by atomic mass is 10.2. The largest absolute Gasteiger partial charge is 0.356 e. The molecule has 0 bridgehead atoms. The zero-order valence-electron chi connectivity index (χ0n) is 12.9. The summed E-state index contributed by atoms with van der Waals surface area (Å²) in [6.07, 6.45) is 7.50. The average Bonchev–Trinajstić information content (AvgIpc) is 2.42. The first-order valence-corrected chi connectivity index (χ1v) is 10.4. The molecule has 120 valence electrons. The Hall–Kier alpha value is -0.0300. The summed E-state index contributed by atoms with van der Waals surface area (Å²) < 4.78 is 21.3. The van der Waals surface area contributed by atoms with Gasteiger partial charge in [0.15, 0.2) is 0 Å². The van der Waals surface area contributed by atoms with Crippen LogP contribution in [-0.4, -0.2) is 44.8 Å². The van der Waals surface area contributed by atoms with Gasteiger partial charge in [0.1, 0.15) is 0 Å². The van der Waals surface area contributed by atoms with E-state index < -0.39 is 7.60 Å². The van der Waals surface area contributed by atoms with Gasteiger partial charge in [0, 0.05) is 26.7 Å². The van der Waals surface area contributed by atoms with Gasteiger partial charge in [-0.3, -0.25) is 9.36 Å². The number of nitrogens with one attached hydrogen (secondary N) is 1. The molecule has 0 aromatic carbocycles. The van der Waals surface area contributed by atoms with Crippen LogP contribution in [0, 0.1) is 0 Å². The maximum Gasteiger partial charge on any atom is 0.327 e. The van der Waals surface area contributed by atoms with Gasteiger partial charge in [-0.2, -0.15) is 11.8 Å². The Kier molecular flexibility index (Phi) is 12.7. The van der Waals surface area contributed by atoms with E-state index in [1.54, 1.807) is 11.8 Å². The first kappa shape index (κ1) is 20.0. The molecule has 20 heavy (non-hydrogen) atoms. The number of rotatable bonds is 13. The van der Waals surface area contributed by atoms with Crippen molar-refractivity contribution < 1.29 is 18.4 Å². The van der Waals surface area contributed by atoms with Gasteiger partial charge in [-0.15, -0.1) is 0 Å². The van der Waals surface area contributed by atoms with Crippen LogP contribution in [0.1, 0.15) is 38.5 Å². The van der Waals surface area contributed by atoms with Crippen molar-refractivity contribution in [3.05, 3.63) is 0 Å². The molecule has 0 radical (unpaired) electrons. The highest BCUT2D eigenvalue weighted by Crippen LogP contribution is 2.42. The number of thioether (sulfide) groups is 1. The van der Waals surface area contributed by atoms with E-state index in [0.717, 1.165) is 44.4 Å². The smallest absolute Gasteiger partial charge is 0.327 e. The minimum Gasteiger partial charge on any atom is -0.356 e. The van der Waals surface area contributed by atoms with Crippen molar-refractivity contribution in [2.45, 2.75) is 38.5 Å². The van der Waals surface area contributed by atoms with Gasteiger partial charge >= 0.3 is 7.60 Å². The van der Waals surface area contributed by atoms with E-state index in [0.29, 0.717) is 13.0 Å². The topological polar surface area (TPSA) is 64.6 Å². The highest BCUT2D eigenvalue weighted by Gasteiger charge is 2.12. The van der Waals surface area contributed by atoms with Crippen molar-refractivity contribution >= 4 is 25.3 Å². The van der Waals surface area contributed by atoms with Crippen molar-refractivity contribution in [1.29, 1.82) is 0 Å². The van der Waals surface area contributed by atoms with Crippen LogP contribution < -0.4 is 5.32 Å². The van der Waals surface area contributed by atoms with Gasteiger partial charge in [-0.05, 0) is 31.3 Å². The minimum absolute atomic E-state index is 0.148. The Morgan fingerprint density at radius 1 is 1.20 bits per heavy atom. The summed E-state index contributed by atoms with van der Waals surface area (Å²) in [6, 6.07) is 0. The molecular formula is C13H28NO4PS. The lowest BCUT2D eigenvalue weighted by molar-refractivity contribution is -0.121. The van der Waals surface area contributed by atoms with Crippen molar-refractivity contribution in [3.8, 4) is 0 Å². The van der Waals surface area contributed by atoms with Crippen molar-refractivity contribution in [1.82, 2.24) is 5.32 Å². The zero-order valence-corrected chi connectivity index (χ0v) is 14.6. The number of unbranched alkanes of at least 4 members (excludes halogenated alkanes) is 3. The Balaban J connectivity index is 3.28. The molecule has 0 aliphatic carbocycles. The van der Waals surface area contributed by atoms with E-state index in [4.69, 9.17) is 9.05 Å². The van der Waals surface area contributed by atoms with Gasteiger partial charge < -0.3 is 14.4 Å². The quantitative estimate of drug-likeness (QED) is 0.416. The first-order valence-electron chi connectivity index (χ1n) is 7.05. The lowest BCUT2D eigenvalue weighted by Gasteiger charge is -2.10. The summed E-state index contributed by atoms with van der Waals surface area (Å²) >= 11 is 1.77. The van der Waals surface area contributed by atoms with E-state index in [1.807, 2.05) is 6.26 Å². The Bertz CT molecular complexity index is 302. The molecule has 0 aliphatic heterocycles. The molecule has 0 saturated heterocycles. The Labute approximate surface area is 127 Å².